The first kappa shape index (κ1) is 24.6. The second-order valence-electron chi connectivity index (χ2n) is 7.93. The Morgan fingerprint density at radius 3 is 2.68 bits per heavy atom. The first-order chi connectivity index (χ1) is 16.5. The third-order valence-corrected chi connectivity index (χ3v) is 5.17. The van der Waals surface area contributed by atoms with Crippen molar-refractivity contribution >= 4 is 11.7 Å². The average molecular weight is 459 g/mol. The van der Waals surface area contributed by atoms with E-state index in [1.54, 1.807) is 23.1 Å². The lowest BCUT2D eigenvalue weighted by atomic mass is 10.0. The van der Waals surface area contributed by atoms with Gasteiger partial charge in [0, 0.05) is 42.8 Å². The first-order valence-electron chi connectivity index (χ1n) is 11.2. The van der Waals surface area contributed by atoms with Gasteiger partial charge in [0.05, 0.1) is 19.2 Å². The van der Waals surface area contributed by atoms with E-state index < -0.39 is 0 Å². The van der Waals surface area contributed by atoms with Crippen molar-refractivity contribution in [1.82, 2.24) is 29.9 Å². The van der Waals surface area contributed by atoms with Crippen LogP contribution in [-0.2, 0) is 18.4 Å². The van der Waals surface area contributed by atoms with Gasteiger partial charge in [-0.2, -0.15) is 15.5 Å². The molecule has 1 aliphatic carbocycles. The number of nitriles is 1. The number of pyridine rings is 1. The maximum Gasteiger partial charge on any atom is 0.229 e. The number of likely N-dealkylation sites (N-methyl/N-ethyl adjacent to an activating group) is 1. The number of carbonyl (C=O) groups excluding carboxylic acids is 1. The second-order valence-corrected chi connectivity index (χ2v) is 7.93. The number of rotatable bonds is 7. The van der Waals surface area contributed by atoms with Gasteiger partial charge in [-0.3, -0.25) is 14.2 Å². The van der Waals surface area contributed by atoms with Gasteiger partial charge in [0.25, 0.3) is 0 Å². The lowest BCUT2D eigenvalue weighted by Crippen LogP contribution is -2.16. The molecule has 3 heterocycles. The van der Waals surface area contributed by atoms with Gasteiger partial charge in [0.15, 0.2) is 5.69 Å². The standard InChI is InChI=1S/C17H18N4O.C8H12N4/c1-21-12-15(11-19-21)14-7-8-16(18-10-14)20-17(22)9-13-5-3-2-4-6-13;1-7-5-8(6-9)11-12(7)4-3-10-2/h3,5-8,10-12H,2,4,9H2,1H3,(H,18,20,22);5,10H,3-4H2,1-2H3. The maximum atomic E-state index is 12.0. The molecule has 0 fully saturated rings. The summed E-state index contributed by atoms with van der Waals surface area (Å²) in [5.74, 6) is 0.525. The van der Waals surface area contributed by atoms with Gasteiger partial charge in [0.1, 0.15) is 11.9 Å². The van der Waals surface area contributed by atoms with Crippen LogP contribution >= 0.6 is 0 Å². The Kier molecular flexibility index (Phi) is 8.88. The molecule has 1 aliphatic rings. The van der Waals surface area contributed by atoms with E-state index in [2.05, 4.69) is 38.0 Å². The van der Waals surface area contributed by atoms with Crippen molar-refractivity contribution in [3.8, 4) is 17.2 Å². The highest BCUT2D eigenvalue weighted by atomic mass is 16.1. The predicted molar refractivity (Wildman–Crippen MR) is 132 cm³/mol. The molecule has 0 radical (unpaired) electrons. The average Bonchev–Trinajstić information content (AvgIpc) is 3.44. The summed E-state index contributed by atoms with van der Waals surface area (Å²) in [6, 6.07) is 7.54. The normalized spacial score (nSPS) is 12.4. The molecule has 0 aromatic carbocycles. The molecule has 3 aromatic heterocycles. The number of aromatic nitrogens is 5. The minimum absolute atomic E-state index is 0.0422. The molecule has 0 atom stereocenters. The van der Waals surface area contributed by atoms with E-state index in [0.717, 1.165) is 48.3 Å². The highest BCUT2D eigenvalue weighted by Gasteiger charge is 2.08. The Labute approximate surface area is 199 Å². The van der Waals surface area contributed by atoms with Crippen LogP contribution in [0.2, 0.25) is 0 Å². The molecule has 2 N–H and O–H groups in total. The van der Waals surface area contributed by atoms with E-state index in [4.69, 9.17) is 5.26 Å². The smallest absolute Gasteiger partial charge is 0.229 e. The Morgan fingerprint density at radius 1 is 1.24 bits per heavy atom. The lowest BCUT2D eigenvalue weighted by Gasteiger charge is -2.08. The van der Waals surface area contributed by atoms with Crippen molar-refractivity contribution in [2.75, 3.05) is 18.9 Å². The molecule has 9 nitrogen and oxygen atoms in total. The topological polar surface area (TPSA) is 113 Å². The number of hydrogen-bond donors (Lipinski definition) is 2. The number of aryl methyl sites for hydroxylation is 2. The first-order valence-corrected chi connectivity index (χ1v) is 11.2. The van der Waals surface area contributed by atoms with Gasteiger partial charge in [-0.25, -0.2) is 4.98 Å². The zero-order valence-corrected chi connectivity index (χ0v) is 19.8. The van der Waals surface area contributed by atoms with E-state index in [1.165, 1.54) is 0 Å². The molecule has 0 aliphatic heterocycles. The fourth-order valence-electron chi connectivity index (χ4n) is 3.39. The fourth-order valence-corrected chi connectivity index (χ4v) is 3.39. The Bertz CT molecular complexity index is 1190. The molecular formula is C25H30N8O. The Hall–Kier alpha value is -4.03. The van der Waals surface area contributed by atoms with Gasteiger partial charge in [-0.05, 0) is 50.6 Å². The van der Waals surface area contributed by atoms with Crippen molar-refractivity contribution < 1.29 is 4.79 Å². The predicted octanol–water partition coefficient (Wildman–Crippen LogP) is 3.37. The molecule has 0 unspecified atom stereocenters. The molecule has 1 amide bonds. The van der Waals surface area contributed by atoms with Crippen LogP contribution in [0.1, 0.15) is 30.7 Å². The molecule has 0 saturated carbocycles. The zero-order valence-electron chi connectivity index (χ0n) is 19.8. The van der Waals surface area contributed by atoms with Gasteiger partial charge < -0.3 is 10.6 Å². The molecule has 176 valence electrons. The fraction of sp³-hybridized carbons (Fsp3) is 0.320. The monoisotopic (exact) mass is 458 g/mol. The molecule has 0 saturated heterocycles. The summed E-state index contributed by atoms with van der Waals surface area (Å²) in [6.07, 6.45) is 14.1. The summed E-state index contributed by atoms with van der Waals surface area (Å²) in [5, 5.41) is 22.6. The van der Waals surface area contributed by atoms with Crippen LogP contribution in [0.5, 0.6) is 0 Å². The number of hydrogen-bond acceptors (Lipinski definition) is 6. The molecule has 0 bridgehead atoms. The Balaban J connectivity index is 0.000000229. The number of allylic oxidation sites excluding steroid dienone is 3. The third kappa shape index (κ3) is 7.25. The van der Waals surface area contributed by atoms with E-state index in [0.29, 0.717) is 17.9 Å². The highest BCUT2D eigenvalue weighted by Crippen LogP contribution is 2.19. The van der Waals surface area contributed by atoms with Crippen LogP contribution in [0.25, 0.3) is 11.1 Å². The number of nitrogens with zero attached hydrogens (tertiary/aromatic N) is 6. The minimum atomic E-state index is -0.0422. The molecule has 0 spiro atoms. The summed E-state index contributed by atoms with van der Waals surface area (Å²) < 4.78 is 3.57. The van der Waals surface area contributed by atoms with Crippen molar-refractivity contribution in [3.63, 3.8) is 0 Å². The highest BCUT2D eigenvalue weighted by molar-refractivity contribution is 5.91. The van der Waals surface area contributed by atoms with Crippen LogP contribution in [0.15, 0.2) is 60.6 Å². The van der Waals surface area contributed by atoms with E-state index in [-0.39, 0.29) is 5.91 Å². The molecule has 34 heavy (non-hydrogen) atoms. The van der Waals surface area contributed by atoms with Crippen LogP contribution in [0.4, 0.5) is 5.82 Å². The molecule has 4 rings (SSSR count). The second kappa shape index (κ2) is 12.3. The van der Waals surface area contributed by atoms with Gasteiger partial charge >= 0.3 is 0 Å². The zero-order chi connectivity index (χ0) is 24.3. The Morgan fingerprint density at radius 2 is 2.09 bits per heavy atom. The maximum absolute atomic E-state index is 12.0. The van der Waals surface area contributed by atoms with Crippen molar-refractivity contribution in [2.24, 2.45) is 7.05 Å². The SMILES string of the molecule is CNCCn1nc(C#N)cc1C.Cn1cc(-c2ccc(NC(=O)CC3=CCCC=C3)nc2)cn1. The number of anilines is 1. The van der Waals surface area contributed by atoms with E-state index in [1.807, 2.05) is 56.2 Å². The molecular weight excluding hydrogens is 428 g/mol. The van der Waals surface area contributed by atoms with Gasteiger partial charge in [-0.1, -0.05) is 18.2 Å². The quantitative estimate of drug-likeness (QED) is 0.561. The summed E-state index contributed by atoms with van der Waals surface area (Å²) in [4.78, 5) is 16.3. The van der Waals surface area contributed by atoms with Crippen LogP contribution in [0, 0.1) is 18.3 Å². The van der Waals surface area contributed by atoms with Crippen LogP contribution < -0.4 is 10.6 Å². The molecule has 9 heteroatoms. The van der Waals surface area contributed by atoms with Gasteiger partial charge in [-0.15, -0.1) is 0 Å². The number of amides is 1. The van der Waals surface area contributed by atoms with Crippen molar-refractivity contribution in [1.29, 1.82) is 5.26 Å². The van der Waals surface area contributed by atoms with E-state index in [9.17, 15) is 4.79 Å². The summed E-state index contributed by atoms with van der Waals surface area (Å²) in [5.41, 5.74) is 4.57. The number of carbonyl (C=O) groups is 1. The van der Waals surface area contributed by atoms with Crippen LogP contribution in [-0.4, -0.2) is 44.0 Å². The third-order valence-electron chi connectivity index (χ3n) is 5.17. The van der Waals surface area contributed by atoms with Crippen molar-refractivity contribution in [3.05, 3.63) is 72.0 Å². The van der Waals surface area contributed by atoms with Crippen molar-refractivity contribution in [2.45, 2.75) is 32.7 Å². The van der Waals surface area contributed by atoms with Crippen LogP contribution in [0.3, 0.4) is 0 Å². The van der Waals surface area contributed by atoms with E-state index >= 15 is 0 Å². The summed E-state index contributed by atoms with van der Waals surface area (Å²) >= 11 is 0. The van der Waals surface area contributed by atoms with Gasteiger partial charge in [0.2, 0.25) is 5.91 Å². The largest absolute Gasteiger partial charge is 0.318 e. The number of nitrogens with one attached hydrogen (secondary N) is 2. The summed E-state index contributed by atoms with van der Waals surface area (Å²) in [6.45, 7) is 3.63. The lowest BCUT2D eigenvalue weighted by molar-refractivity contribution is -0.115. The summed E-state index contributed by atoms with van der Waals surface area (Å²) in [7, 11) is 3.77. The minimum Gasteiger partial charge on any atom is -0.318 e. The molecule has 3 aromatic rings.